The number of benzene rings is 2. The molecule has 6 nitrogen and oxygen atoms in total. The van der Waals surface area contributed by atoms with Crippen LogP contribution in [0.2, 0.25) is 0 Å². The molecule has 4 rings (SSSR count). The summed E-state index contributed by atoms with van der Waals surface area (Å²) in [6.45, 7) is 1.83. The molecule has 0 bridgehead atoms. The fraction of sp³-hybridized carbons (Fsp3) is 0.0435. The van der Waals surface area contributed by atoms with E-state index in [1.165, 1.54) is 6.08 Å². The number of hydrogen-bond acceptors (Lipinski definition) is 4. The van der Waals surface area contributed by atoms with Gasteiger partial charge in [0.2, 0.25) is 0 Å². The average molecular weight is 382 g/mol. The van der Waals surface area contributed by atoms with E-state index >= 15 is 0 Å². The molecule has 0 aliphatic heterocycles. The Balaban J connectivity index is 1.54. The van der Waals surface area contributed by atoms with Crippen LogP contribution in [0.15, 0.2) is 73.2 Å². The number of nitrogens with one attached hydrogen (secondary N) is 2. The number of carbonyl (C=O) groups is 2. The van der Waals surface area contributed by atoms with Crippen molar-refractivity contribution in [2.45, 2.75) is 6.92 Å². The maximum absolute atomic E-state index is 12.8. The SMILES string of the molecule is Cc1ccc(C(=O)/C=C/c2ccccc2)cc1C(=O)Nc1cnc2[nH]cnc2c1. The molecule has 0 atom stereocenters. The highest BCUT2D eigenvalue weighted by Crippen LogP contribution is 2.17. The van der Waals surface area contributed by atoms with E-state index in [1.807, 2.05) is 37.3 Å². The molecule has 6 heteroatoms. The summed E-state index contributed by atoms with van der Waals surface area (Å²) in [5, 5.41) is 2.82. The lowest BCUT2D eigenvalue weighted by Gasteiger charge is -2.09. The Morgan fingerprint density at radius 3 is 2.69 bits per heavy atom. The highest BCUT2D eigenvalue weighted by atomic mass is 16.1. The van der Waals surface area contributed by atoms with Crippen molar-refractivity contribution in [3.05, 3.63) is 95.5 Å². The van der Waals surface area contributed by atoms with Gasteiger partial charge in [0.25, 0.3) is 5.91 Å². The zero-order valence-electron chi connectivity index (χ0n) is 15.7. The number of imidazole rings is 1. The standard InChI is InChI=1S/C23H18N4O2/c1-15-7-9-17(21(28)10-8-16-5-3-2-4-6-16)11-19(15)23(29)27-18-12-20-22(24-13-18)26-14-25-20/h2-14H,1H3,(H,27,29)(H,24,25,26)/b10-8+. The summed E-state index contributed by atoms with van der Waals surface area (Å²) in [5.74, 6) is -0.469. The average Bonchev–Trinajstić information content (AvgIpc) is 3.21. The van der Waals surface area contributed by atoms with Gasteiger partial charge in [-0.2, -0.15) is 0 Å². The molecule has 29 heavy (non-hydrogen) atoms. The minimum atomic E-state index is -0.305. The Morgan fingerprint density at radius 1 is 1.03 bits per heavy atom. The van der Waals surface area contributed by atoms with Crippen molar-refractivity contribution < 1.29 is 9.59 Å². The molecular weight excluding hydrogens is 364 g/mol. The largest absolute Gasteiger partial charge is 0.329 e. The van der Waals surface area contributed by atoms with E-state index in [1.54, 1.807) is 42.9 Å². The predicted molar refractivity (Wildman–Crippen MR) is 113 cm³/mol. The second kappa shape index (κ2) is 7.90. The van der Waals surface area contributed by atoms with Gasteiger partial charge in [0.1, 0.15) is 5.52 Å². The Kier molecular flexibility index (Phi) is 4.99. The second-order valence-corrected chi connectivity index (χ2v) is 6.59. The van der Waals surface area contributed by atoms with Gasteiger partial charge in [0.05, 0.1) is 18.2 Å². The number of nitrogens with zero attached hydrogens (tertiary/aromatic N) is 2. The number of anilines is 1. The van der Waals surface area contributed by atoms with E-state index in [-0.39, 0.29) is 11.7 Å². The Bertz CT molecular complexity index is 1230. The third-order valence-corrected chi connectivity index (χ3v) is 4.52. The van der Waals surface area contributed by atoms with Crippen molar-refractivity contribution in [1.82, 2.24) is 15.0 Å². The van der Waals surface area contributed by atoms with Crippen LogP contribution >= 0.6 is 0 Å². The number of aromatic amines is 1. The normalized spacial score (nSPS) is 11.1. The van der Waals surface area contributed by atoms with Crippen LogP contribution in [-0.2, 0) is 0 Å². The first-order chi connectivity index (χ1) is 14.1. The molecule has 0 saturated carbocycles. The fourth-order valence-electron chi connectivity index (χ4n) is 2.94. The molecule has 0 radical (unpaired) electrons. The van der Waals surface area contributed by atoms with Crippen LogP contribution in [0.25, 0.3) is 17.2 Å². The lowest BCUT2D eigenvalue weighted by molar-refractivity contribution is 0.102. The van der Waals surface area contributed by atoms with Gasteiger partial charge in [-0.05, 0) is 36.3 Å². The molecule has 0 aliphatic carbocycles. The van der Waals surface area contributed by atoms with E-state index < -0.39 is 0 Å². The summed E-state index contributed by atoms with van der Waals surface area (Å²) in [4.78, 5) is 36.6. The van der Waals surface area contributed by atoms with Gasteiger partial charge in [-0.3, -0.25) is 9.59 Å². The zero-order valence-corrected chi connectivity index (χ0v) is 15.7. The maximum atomic E-state index is 12.8. The molecule has 2 heterocycles. The van der Waals surface area contributed by atoms with Crippen LogP contribution < -0.4 is 5.32 Å². The van der Waals surface area contributed by atoms with Gasteiger partial charge in [0, 0.05) is 11.1 Å². The molecule has 0 aliphatic rings. The number of amides is 1. The molecule has 0 fully saturated rings. The smallest absolute Gasteiger partial charge is 0.255 e. The van der Waals surface area contributed by atoms with Crippen molar-refractivity contribution in [1.29, 1.82) is 0 Å². The Morgan fingerprint density at radius 2 is 1.86 bits per heavy atom. The lowest BCUT2D eigenvalue weighted by atomic mass is 10.0. The molecule has 142 valence electrons. The van der Waals surface area contributed by atoms with Crippen molar-refractivity contribution >= 4 is 34.6 Å². The predicted octanol–water partition coefficient (Wildman–Crippen LogP) is 4.41. The lowest BCUT2D eigenvalue weighted by Crippen LogP contribution is -2.14. The quantitative estimate of drug-likeness (QED) is 0.395. The van der Waals surface area contributed by atoms with E-state index in [2.05, 4.69) is 20.3 Å². The molecule has 0 unspecified atom stereocenters. The van der Waals surface area contributed by atoms with Crippen LogP contribution in [0.5, 0.6) is 0 Å². The first kappa shape index (κ1) is 18.3. The molecule has 0 spiro atoms. The number of H-pyrrole nitrogens is 1. The molecule has 0 saturated heterocycles. The summed E-state index contributed by atoms with van der Waals surface area (Å²) >= 11 is 0. The van der Waals surface area contributed by atoms with Gasteiger partial charge in [-0.25, -0.2) is 9.97 Å². The number of fused-ring (bicyclic) bond motifs is 1. The van der Waals surface area contributed by atoms with Crippen LogP contribution in [0, 0.1) is 6.92 Å². The molecule has 2 N–H and O–H groups in total. The monoisotopic (exact) mass is 382 g/mol. The maximum Gasteiger partial charge on any atom is 0.255 e. The first-order valence-electron chi connectivity index (χ1n) is 9.09. The summed E-state index contributed by atoms with van der Waals surface area (Å²) in [7, 11) is 0. The summed E-state index contributed by atoms with van der Waals surface area (Å²) in [6.07, 6.45) is 6.38. The van der Waals surface area contributed by atoms with Crippen molar-refractivity contribution in [2.24, 2.45) is 0 Å². The number of aryl methyl sites for hydroxylation is 1. The van der Waals surface area contributed by atoms with Crippen molar-refractivity contribution in [3.8, 4) is 0 Å². The number of aromatic nitrogens is 3. The first-order valence-corrected chi connectivity index (χ1v) is 9.09. The second-order valence-electron chi connectivity index (χ2n) is 6.59. The van der Waals surface area contributed by atoms with Crippen LogP contribution in [0.3, 0.4) is 0 Å². The minimum absolute atomic E-state index is 0.164. The zero-order chi connectivity index (χ0) is 20.2. The van der Waals surface area contributed by atoms with E-state index in [0.29, 0.717) is 28.0 Å². The molecule has 2 aromatic heterocycles. The Hall–Kier alpha value is -4.06. The highest BCUT2D eigenvalue weighted by molar-refractivity contribution is 6.10. The van der Waals surface area contributed by atoms with Crippen molar-refractivity contribution in [3.63, 3.8) is 0 Å². The fourth-order valence-corrected chi connectivity index (χ4v) is 2.94. The van der Waals surface area contributed by atoms with E-state index in [9.17, 15) is 9.59 Å². The number of carbonyl (C=O) groups excluding carboxylic acids is 2. The van der Waals surface area contributed by atoms with E-state index in [0.717, 1.165) is 11.1 Å². The number of rotatable bonds is 5. The third-order valence-electron chi connectivity index (χ3n) is 4.52. The molecule has 2 aromatic carbocycles. The van der Waals surface area contributed by atoms with Gasteiger partial charge < -0.3 is 10.3 Å². The number of ketones is 1. The van der Waals surface area contributed by atoms with Crippen LogP contribution in [0.1, 0.15) is 31.8 Å². The van der Waals surface area contributed by atoms with Crippen LogP contribution in [0.4, 0.5) is 5.69 Å². The molecular formula is C23H18N4O2. The van der Waals surface area contributed by atoms with Gasteiger partial charge in [0.15, 0.2) is 11.4 Å². The summed E-state index contributed by atoms with van der Waals surface area (Å²) < 4.78 is 0. The topological polar surface area (TPSA) is 87.7 Å². The third kappa shape index (κ3) is 4.11. The summed E-state index contributed by atoms with van der Waals surface area (Å²) in [6, 6.07) is 16.4. The Labute approximate surface area is 167 Å². The van der Waals surface area contributed by atoms with Crippen molar-refractivity contribution in [2.75, 3.05) is 5.32 Å². The number of hydrogen-bond donors (Lipinski definition) is 2. The molecule has 1 amide bonds. The van der Waals surface area contributed by atoms with Crippen LogP contribution in [-0.4, -0.2) is 26.6 Å². The number of allylic oxidation sites excluding steroid dienone is 1. The molecule has 4 aromatic rings. The van der Waals surface area contributed by atoms with E-state index in [4.69, 9.17) is 0 Å². The summed E-state index contributed by atoms with van der Waals surface area (Å²) in [5.41, 5.74) is 4.45. The van der Waals surface area contributed by atoms with Gasteiger partial charge in [-0.1, -0.05) is 48.5 Å². The number of pyridine rings is 1. The minimum Gasteiger partial charge on any atom is -0.329 e. The highest BCUT2D eigenvalue weighted by Gasteiger charge is 2.13. The van der Waals surface area contributed by atoms with Gasteiger partial charge in [-0.15, -0.1) is 0 Å². The van der Waals surface area contributed by atoms with Gasteiger partial charge >= 0.3 is 0 Å².